The van der Waals surface area contributed by atoms with Crippen LogP contribution >= 0.6 is 0 Å². The lowest BCUT2D eigenvalue weighted by atomic mass is 10.1. The van der Waals surface area contributed by atoms with Crippen LogP contribution in [0.1, 0.15) is 44.3 Å². The van der Waals surface area contributed by atoms with Crippen molar-refractivity contribution < 1.29 is 9.84 Å². The molecule has 1 aromatic rings. The van der Waals surface area contributed by atoms with E-state index in [2.05, 4.69) is 18.8 Å². The summed E-state index contributed by atoms with van der Waals surface area (Å²) in [7, 11) is 0. The number of rotatable bonds is 7. The molecule has 0 aromatic heterocycles. The summed E-state index contributed by atoms with van der Waals surface area (Å²) >= 11 is 0. The molecule has 1 N–H and O–H groups in total. The van der Waals surface area contributed by atoms with Gasteiger partial charge in [0.15, 0.2) is 0 Å². The van der Waals surface area contributed by atoms with Crippen molar-refractivity contribution in [1.82, 2.24) is 0 Å². The van der Waals surface area contributed by atoms with E-state index in [0.29, 0.717) is 13.0 Å². The van der Waals surface area contributed by atoms with Crippen LogP contribution in [-0.4, -0.2) is 18.3 Å². The van der Waals surface area contributed by atoms with Crippen molar-refractivity contribution in [3.05, 3.63) is 35.9 Å². The number of aliphatic hydroxyl groups excluding tert-OH is 1. The first kappa shape index (κ1) is 14.8. The smallest absolute Gasteiger partial charge is 0.0935 e. The highest BCUT2D eigenvalue weighted by Crippen LogP contribution is 2.20. The van der Waals surface area contributed by atoms with E-state index in [1.54, 1.807) is 0 Å². The normalized spacial score (nSPS) is 11.7. The van der Waals surface area contributed by atoms with Crippen LogP contribution in [0.15, 0.2) is 30.3 Å². The Morgan fingerprint density at radius 2 is 2.00 bits per heavy atom. The summed E-state index contributed by atoms with van der Waals surface area (Å²) in [5.41, 5.74) is 1.12. The first-order valence-electron chi connectivity index (χ1n) is 6.61. The van der Waals surface area contributed by atoms with E-state index in [1.165, 1.54) is 6.42 Å². The molecule has 0 saturated heterocycles. The average molecular weight is 246 g/mol. The molecule has 2 nitrogen and oxygen atoms in total. The SMILES string of the molecule is CCCCC#CCC(OCCO)c1ccccc1. The summed E-state index contributed by atoms with van der Waals surface area (Å²) < 4.78 is 5.63. The van der Waals surface area contributed by atoms with Crippen molar-refractivity contribution in [2.75, 3.05) is 13.2 Å². The largest absolute Gasteiger partial charge is 0.394 e. The molecular weight excluding hydrogens is 224 g/mol. The molecule has 1 rings (SSSR count). The summed E-state index contributed by atoms with van der Waals surface area (Å²) in [5.74, 6) is 6.34. The van der Waals surface area contributed by atoms with Gasteiger partial charge in [-0.3, -0.25) is 0 Å². The quantitative estimate of drug-likeness (QED) is 0.590. The zero-order chi connectivity index (χ0) is 13.1. The Hall–Kier alpha value is -1.30. The van der Waals surface area contributed by atoms with Gasteiger partial charge in [0.05, 0.1) is 19.3 Å². The highest BCUT2D eigenvalue weighted by atomic mass is 16.5. The van der Waals surface area contributed by atoms with Gasteiger partial charge in [-0.25, -0.2) is 0 Å². The van der Waals surface area contributed by atoms with Gasteiger partial charge < -0.3 is 9.84 Å². The molecule has 0 aliphatic carbocycles. The fourth-order valence-electron chi connectivity index (χ4n) is 1.65. The van der Waals surface area contributed by atoms with Crippen molar-refractivity contribution in [1.29, 1.82) is 0 Å². The summed E-state index contributed by atoms with van der Waals surface area (Å²) in [6.45, 7) is 2.57. The summed E-state index contributed by atoms with van der Waals surface area (Å²) in [5, 5.41) is 8.84. The summed E-state index contributed by atoms with van der Waals surface area (Å²) in [6, 6.07) is 10.1. The number of aliphatic hydroxyl groups is 1. The number of unbranched alkanes of at least 4 members (excludes halogenated alkanes) is 2. The number of benzene rings is 1. The molecule has 0 aliphatic rings. The first-order chi connectivity index (χ1) is 8.88. The minimum atomic E-state index is -0.0347. The lowest BCUT2D eigenvalue weighted by Crippen LogP contribution is -2.07. The Labute approximate surface area is 110 Å². The summed E-state index contributed by atoms with van der Waals surface area (Å²) in [6.07, 6.45) is 3.94. The van der Waals surface area contributed by atoms with E-state index in [1.807, 2.05) is 30.3 Å². The molecule has 0 saturated carbocycles. The van der Waals surface area contributed by atoms with Gasteiger partial charge in [0.2, 0.25) is 0 Å². The third-order valence-electron chi connectivity index (χ3n) is 2.65. The van der Waals surface area contributed by atoms with Gasteiger partial charge >= 0.3 is 0 Å². The van der Waals surface area contributed by atoms with Crippen LogP contribution in [0.3, 0.4) is 0 Å². The van der Waals surface area contributed by atoms with Crippen molar-refractivity contribution in [3.63, 3.8) is 0 Å². The Kier molecular flexibility index (Phi) is 7.96. The first-order valence-corrected chi connectivity index (χ1v) is 6.61. The Bertz CT molecular complexity index is 362. The molecule has 0 fully saturated rings. The number of ether oxygens (including phenoxy) is 1. The zero-order valence-corrected chi connectivity index (χ0v) is 11.1. The Morgan fingerprint density at radius 1 is 1.22 bits per heavy atom. The molecule has 0 radical (unpaired) electrons. The van der Waals surface area contributed by atoms with Gasteiger partial charge in [-0.2, -0.15) is 0 Å². The second kappa shape index (κ2) is 9.70. The molecular formula is C16H22O2. The third-order valence-corrected chi connectivity index (χ3v) is 2.65. The van der Waals surface area contributed by atoms with Crippen LogP contribution < -0.4 is 0 Å². The molecule has 0 aliphatic heterocycles. The molecule has 2 heteroatoms. The maximum absolute atomic E-state index is 8.84. The topological polar surface area (TPSA) is 29.5 Å². The maximum Gasteiger partial charge on any atom is 0.0935 e. The summed E-state index contributed by atoms with van der Waals surface area (Å²) in [4.78, 5) is 0. The van der Waals surface area contributed by atoms with E-state index in [0.717, 1.165) is 18.4 Å². The monoisotopic (exact) mass is 246 g/mol. The van der Waals surface area contributed by atoms with Gasteiger partial charge in [-0.15, -0.1) is 11.8 Å². The van der Waals surface area contributed by atoms with E-state index in [9.17, 15) is 0 Å². The maximum atomic E-state index is 8.84. The van der Waals surface area contributed by atoms with E-state index < -0.39 is 0 Å². The predicted molar refractivity (Wildman–Crippen MR) is 74.1 cm³/mol. The van der Waals surface area contributed by atoms with Gasteiger partial charge in [0, 0.05) is 12.8 Å². The molecule has 0 bridgehead atoms. The van der Waals surface area contributed by atoms with Crippen LogP contribution in [0.5, 0.6) is 0 Å². The lowest BCUT2D eigenvalue weighted by Gasteiger charge is -2.15. The molecule has 0 amide bonds. The number of hydrogen-bond acceptors (Lipinski definition) is 2. The van der Waals surface area contributed by atoms with Gasteiger partial charge in [0.25, 0.3) is 0 Å². The minimum Gasteiger partial charge on any atom is -0.394 e. The molecule has 0 spiro atoms. The molecule has 1 aromatic carbocycles. The molecule has 1 atom stereocenters. The zero-order valence-electron chi connectivity index (χ0n) is 11.1. The highest BCUT2D eigenvalue weighted by molar-refractivity contribution is 5.19. The van der Waals surface area contributed by atoms with Crippen LogP contribution in [0.2, 0.25) is 0 Å². The standard InChI is InChI=1S/C16H22O2/c1-2-3-4-5-9-12-16(18-14-13-17)15-10-7-6-8-11-15/h6-8,10-11,16-17H,2-4,12-14H2,1H3. The van der Waals surface area contributed by atoms with Crippen molar-refractivity contribution in [2.45, 2.75) is 38.7 Å². The van der Waals surface area contributed by atoms with E-state index in [-0.39, 0.29) is 12.7 Å². The minimum absolute atomic E-state index is 0.0347. The fraction of sp³-hybridized carbons (Fsp3) is 0.500. The number of hydrogen-bond donors (Lipinski definition) is 1. The van der Waals surface area contributed by atoms with Crippen molar-refractivity contribution >= 4 is 0 Å². The highest BCUT2D eigenvalue weighted by Gasteiger charge is 2.09. The fourth-order valence-corrected chi connectivity index (χ4v) is 1.65. The third kappa shape index (κ3) is 5.86. The van der Waals surface area contributed by atoms with Crippen LogP contribution in [0.4, 0.5) is 0 Å². The molecule has 98 valence electrons. The van der Waals surface area contributed by atoms with Crippen LogP contribution in [0, 0.1) is 11.8 Å². The van der Waals surface area contributed by atoms with Gasteiger partial charge in [-0.1, -0.05) is 43.7 Å². The predicted octanol–water partition coefficient (Wildman–Crippen LogP) is 3.32. The van der Waals surface area contributed by atoms with Crippen molar-refractivity contribution in [2.24, 2.45) is 0 Å². The average Bonchev–Trinajstić information content (AvgIpc) is 2.43. The van der Waals surface area contributed by atoms with Crippen molar-refractivity contribution in [3.8, 4) is 11.8 Å². The van der Waals surface area contributed by atoms with Gasteiger partial charge in [-0.05, 0) is 12.0 Å². The van der Waals surface area contributed by atoms with E-state index in [4.69, 9.17) is 9.84 Å². The van der Waals surface area contributed by atoms with Gasteiger partial charge in [0.1, 0.15) is 0 Å². The second-order valence-electron chi connectivity index (χ2n) is 4.15. The van der Waals surface area contributed by atoms with Crippen LogP contribution in [0.25, 0.3) is 0 Å². The molecule has 18 heavy (non-hydrogen) atoms. The molecule has 0 heterocycles. The Morgan fingerprint density at radius 3 is 2.67 bits per heavy atom. The molecule has 1 unspecified atom stereocenters. The van der Waals surface area contributed by atoms with Crippen LogP contribution in [-0.2, 0) is 4.74 Å². The van der Waals surface area contributed by atoms with E-state index >= 15 is 0 Å². The lowest BCUT2D eigenvalue weighted by molar-refractivity contribution is 0.0307. The second-order valence-corrected chi connectivity index (χ2v) is 4.15. The Balaban J connectivity index is 2.52.